The molecule has 0 aliphatic heterocycles. The number of rotatable bonds is 0. The number of benzene rings is 1. The van der Waals surface area contributed by atoms with Crippen LogP contribution in [-0.4, -0.2) is 0 Å². The zero-order valence-corrected chi connectivity index (χ0v) is 13.1. The topological polar surface area (TPSA) is 0 Å². The molecule has 0 heteroatoms. The maximum atomic E-state index is 2.54. The highest BCUT2D eigenvalue weighted by Gasteiger charge is 2.50. The van der Waals surface area contributed by atoms with Crippen molar-refractivity contribution in [2.75, 3.05) is 0 Å². The van der Waals surface area contributed by atoms with Crippen molar-refractivity contribution in [3.8, 4) is 0 Å². The van der Waals surface area contributed by atoms with Crippen LogP contribution in [0.25, 0.3) is 0 Å². The van der Waals surface area contributed by atoms with E-state index in [2.05, 4.69) is 45.0 Å². The molecule has 1 fully saturated rings. The predicted molar refractivity (Wildman–Crippen MR) is 84.9 cm³/mol. The van der Waals surface area contributed by atoms with Gasteiger partial charge in [-0.25, -0.2) is 0 Å². The molecule has 0 saturated heterocycles. The van der Waals surface area contributed by atoms with E-state index in [1.54, 1.807) is 16.7 Å². The molecular weight excluding hydrogens is 240 g/mol. The van der Waals surface area contributed by atoms with Crippen molar-refractivity contribution >= 4 is 0 Å². The van der Waals surface area contributed by atoms with Gasteiger partial charge in [-0.3, -0.25) is 0 Å². The molecule has 4 rings (SSSR count). The fourth-order valence-corrected chi connectivity index (χ4v) is 5.49. The Morgan fingerprint density at radius 3 is 2.85 bits per heavy atom. The van der Waals surface area contributed by atoms with Crippen LogP contribution in [0.1, 0.15) is 62.1 Å². The Labute approximate surface area is 123 Å². The second-order valence-corrected chi connectivity index (χ2v) is 7.70. The lowest BCUT2D eigenvalue weighted by Gasteiger charge is -2.50. The van der Waals surface area contributed by atoms with Crippen molar-refractivity contribution in [2.45, 2.75) is 58.8 Å². The van der Waals surface area contributed by atoms with Crippen molar-refractivity contribution in [3.63, 3.8) is 0 Å². The van der Waals surface area contributed by atoms with Crippen molar-refractivity contribution in [2.24, 2.45) is 17.3 Å². The predicted octanol–water partition coefficient (Wildman–Crippen LogP) is 5.41. The summed E-state index contributed by atoms with van der Waals surface area (Å²) in [5.41, 5.74) is 6.97. The maximum Gasteiger partial charge on any atom is -0.00849 e. The molecule has 0 aromatic heterocycles. The van der Waals surface area contributed by atoms with Crippen LogP contribution in [0, 0.1) is 24.2 Å². The smallest absolute Gasteiger partial charge is 0.00849 e. The molecule has 0 radical (unpaired) electrons. The van der Waals surface area contributed by atoms with Gasteiger partial charge in [0.05, 0.1) is 0 Å². The molecule has 3 aliphatic rings. The minimum atomic E-state index is 0.517. The van der Waals surface area contributed by atoms with Crippen LogP contribution in [0.2, 0.25) is 0 Å². The first-order chi connectivity index (χ1) is 9.59. The molecular formula is C20H26. The molecule has 0 spiro atoms. The minimum absolute atomic E-state index is 0.517. The highest BCUT2D eigenvalue weighted by molar-refractivity contribution is 5.38. The third-order valence-corrected chi connectivity index (χ3v) is 6.85. The van der Waals surface area contributed by atoms with Gasteiger partial charge < -0.3 is 0 Å². The van der Waals surface area contributed by atoms with Gasteiger partial charge in [-0.1, -0.05) is 42.3 Å². The van der Waals surface area contributed by atoms with Gasteiger partial charge in [0.1, 0.15) is 0 Å². The van der Waals surface area contributed by atoms with Crippen LogP contribution in [-0.2, 0) is 6.42 Å². The fraction of sp³-hybridized carbons (Fsp3) is 0.600. The largest absolute Gasteiger partial charge is 0.0847 e. The van der Waals surface area contributed by atoms with Gasteiger partial charge in [0.15, 0.2) is 0 Å². The third kappa shape index (κ3) is 1.60. The average molecular weight is 266 g/mol. The molecule has 4 atom stereocenters. The lowest BCUT2D eigenvalue weighted by atomic mass is 9.54. The van der Waals surface area contributed by atoms with Gasteiger partial charge in [0.2, 0.25) is 0 Å². The van der Waals surface area contributed by atoms with E-state index in [9.17, 15) is 0 Å². The minimum Gasteiger partial charge on any atom is -0.0847 e. The van der Waals surface area contributed by atoms with Crippen LogP contribution < -0.4 is 0 Å². The zero-order valence-electron chi connectivity index (χ0n) is 13.1. The average Bonchev–Trinajstić information content (AvgIpc) is 2.74. The molecule has 3 aliphatic carbocycles. The van der Waals surface area contributed by atoms with Crippen molar-refractivity contribution in [1.82, 2.24) is 0 Å². The number of hydrogen-bond donors (Lipinski definition) is 0. The Bertz CT molecular complexity index is 580. The molecule has 106 valence electrons. The van der Waals surface area contributed by atoms with E-state index >= 15 is 0 Å². The summed E-state index contributed by atoms with van der Waals surface area (Å²) >= 11 is 0. The van der Waals surface area contributed by atoms with Gasteiger partial charge in [-0.05, 0) is 80.2 Å². The highest BCUT2D eigenvalue weighted by atomic mass is 14.5. The number of allylic oxidation sites excluding steroid dienone is 2. The lowest BCUT2D eigenvalue weighted by molar-refractivity contribution is 0.0754. The van der Waals surface area contributed by atoms with Gasteiger partial charge in [-0.2, -0.15) is 0 Å². The number of aryl methyl sites for hydroxylation is 2. The highest BCUT2D eigenvalue weighted by Crippen LogP contribution is 2.60. The van der Waals surface area contributed by atoms with Crippen molar-refractivity contribution in [1.29, 1.82) is 0 Å². The summed E-state index contributed by atoms with van der Waals surface area (Å²) in [6.45, 7) is 7.15. The normalized spacial score (nSPS) is 38.8. The molecule has 1 saturated carbocycles. The zero-order chi connectivity index (χ0) is 13.9. The Hall–Kier alpha value is -1.04. The first kappa shape index (κ1) is 12.7. The van der Waals surface area contributed by atoms with E-state index in [4.69, 9.17) is 0 Å². The van der Waals surface area contributed by atoms with Crippen LogP contribution in [0.3, 0.4) is 0 Å². The second-order valence-electron chi connectivity index (χ2n) is 7.70. The number of hydrogen-bond acceptors (Lipinski definition) is 0. The quantitative estimate of drug-likeness (QED) is 0.551. The molecule has 0 N–H and O–H groups in total. The molecule has 0 bridgehead atoms. The fourth-order valence-electron chi connectivity index (χ4n) is 5.49. The summed E-state index contributed by atoms with van der Waals surface area (Å²) in [4.78, 5) is 0. The molecule has 20 heavy (non-hydrogen) atoms. The Balaban J connectivity index is 1.72. The Kier molecular flexibility index (Phi) is 2.68. The lowest BCUT2D eigenvalue weighted by Crippen LogP contribution is -2.40. The van der Waals surface area contributed by atoms with Crippen molar-refractivity contribution in [3.05, 3.63) is 46.5 Å². The molecule has 4 unspecified atom stereocenters. The molecule has 1 aromatic rings. The second kappa shape index (κ2) is 4.23. The summed E-state index contributed by atoms with van der Waals surface area (Å²) < 4.78 is 0. The molecule has 0 nitrogen and oxygen atoms in total. The first-order valence-electron chi connectivity index (χ1n) is 8.36. The third-order valence-electron chi connectivity index (χ3n) is 6.85. The van der Waals surface area contributed by atoms with Crippen LogP contribution >= 0.6 is 0 Å². The molecule has 0 amide bonds. The van der Waals surface area contributed by atoms with Crippen LogP contribution in [0.5, 0.6) is 0 Å². The Morgan fingerprint density at radius 1 is 1.15 bits per heavy atom. The standard InChI is InChI=1S/C20H26/c1-13-4-7-16-15(12-13)6-8-18-17(16)10-11-20(3)14(2)5-9-19(18)20/h4-5,7,12,17-19H,6,8-11H2,1-3H3. The van der Waals surface area contributed by atoms with Crippen LogP contribution in [0.4, 0.5) is 0 Å². The Morgan fingerprint density at radius 2 is 2.00 bits per heavy atom. The maximum absolute atomic E-state index is 2.54. The first-order valence-corrected chi connectivity index (χ1v) is 8.36. The molecule has 0 heterocycles. The summed E-state index contributed by atoms with van der Waals surface area (Å²) in [5, 5.41) is 0. The molecule has 1 aromatic carbocycles. The monoisotopic (exact) mass is 266 g/mol. The summed E-state index contributed by atoms with van der Waals surface area (Å²) in [6.07, 6.45) is 9.40. The van der Waals surface area contributed by atoms with E-state index in [-0.39, 0.29) is 0 Å². The summed E-state index contributed by atoms with van der Waals surface area (Å²) in [5.74, 6) is 2.69. The number of fused-ring (bicyclic) bond motifs is 5. The summed E-state index contributed by atoms with van der Waals surface area (Å²) in [6, 6.07) is 7.21. The van der Waals surface area contributed by atoms with E-state index < -0.39 is 0 Å². The van der Waals surface area contributed by atoms with E-state index in [0.717, 1.165) is 17.8 Å². The van der Waals surface area contributed by atoms with Gasteiger partial charge in [0.25, 0.3) is 0 Å². The van der Waals surface area contributed by atoms with Crippen molar-refractivity contribution < 1.29 is 0 Å². The van der Waals surface area contributed by atoms with E-state index in [1.165, 1.54) is 37.7 Å². The van der Waals surface area contributed by atoms with E-state index in [1.807, 2.05) is 0 Å². The van der Waals surface area contributed by atoms with E-state index in [0.29, 0.717) is 5.41 Å². The van der Waals surface area contributed by atoms with Gasteiger partial charge in [-0.15, -0.1) is 0 Å². The SMILES string of the molecule is CC1=CCC2C3CCc4cc(C)ccc4C3CCC12C. The van der Waals surface area contributed by atoms with Crippen LogP contribution in [0.15, 0.2) is 29.8 Å². The summed E-state index contributed by atoms with van der Waals surface area (Å²) in [7, 11) is 0. The van der Waals surface area contributed by atoms with Gasteiger partial charge in [0, 0.05) is 0 Å². The van der Waals surface area contributed by atoms with Gasteiger partial charge >= 0.3 is 0 Å².